The van der Waals surface area contributed by atoms with Crippen LogP contribution in [0.25, 0.3) is 0 Å². The molecule has 0 unspecified atom stereocenters. The van der Waals surface area contributed by atoms with Crippen molar-refractivity contribution in [2.75, 3.05) is 0 Å². The number of rotatable bonds is 9. The van der Waals surface area contributed by atoms with Gasteiger partial charge in [0, 0.05) is 29.5 Å². The lowest BCUT2D eigenvalue weighted by atomic mass is 10.2. The Hall–Kier alpha value is -2.84. The van der Waals surface area contributed by atoms with E-state index in [9.17, 15) is 10.1 Å². The van der Waals surface area contributed by atoms with Crippen molar-refractivity contribution in [3.8, 4) is 5.75 Å². The fourth-order valence-corrected chi connectivity index (χ4v) is 3.47. The van der Waals surface area contributed by atoms with Crippen molar-refractivity contribution >= 4 is 29.1 Å². The first-order chi connectivity index (χ1) is 13.6. The molecule has 0 saturated heterocycles. The zero-order valence-corrected chi connectivity index (χ0v) is 16.4. The molecule has 3 rings (SSSR count). The zero-order chi connectivity index (χ0) is 19.9. The molecule has 7 nitrogen and oxygen atoms in total. The average molecular weight is 417 g/mol. The molecular weight excluding hydrogens is 400 g/mol. The molecule has 2 aromatic carbocycles. The van der Waals surface area contributed by atoms with Crippen molar-refractivity contribution in [3.05, 3.63) is 87.7 Å². The van der Waals surface area contributed by atoms with Crippen molar-refractivity contribution in [1.82, 2.24) is 14.8 Å². The highest BCUT2D eigenvalue weighted by Gasteiger charge is 2.13. The monoisotopic (exact) mass is 416 g/mol. The van der Waals surface area contributed by atoms with Crippen LogP contribution in [0, 0.1) is 10.1 Å². The van der Waals surface area contributed by atoms with Crippen LogP contribution in [-0.4, -0.2) is 19.7 Å². The minimum atomic E-state index is -0.402. The zero-order valence-electron chi connectivity index (χ0n) is 14.8. The van der Waals surface area contributed by atoms with Crippen molar-refractivity contribution in [2.24, 2.45) is 0 Å². The number of non-ortho nitro benzene ring substituents is 1. The van der Waals surface area contributed by atoms with E-state index in [-0.39, 0.29) is 12.3 Å². The molecule has 1 heterocycles. The van der Waals surface area contributed by atoms with E-state index >= 15 is 0 Å². The van der Waals surface area contributed by atoms with Crippen molar-refractivity contribution < 1.29 is 9.66 Å². The van der Waals surface area contributed by atoms with Gasteiger partial charge in [-0.15, -0.1) is 16.8 Å². The van der Waals surface area contributed by atoms with Crippen LogP contribution in [0.2, 0.25) is 5.02 Å². The van der Waals surface area contributed by atoms with Gasteiger partial charge in [0.2, 0.25) is 0 Å². The number of allylic oxidation sites excluding steroid dienone is 1. The summed E-state index contributed by atoms with van der Waals surface area (Å²) in [6, 6.07) is 13.6. The molecule has 28 heavy (non-hydrogen) atoms. The Morgan fingerprint density at radius 3 is 2.75 bits per heavy atom. The first kappa shape index (κ1) is 19.9. The average Bonchev–Trinajstić information content (AvgIpc) is 3.08. The molecule has 1 aromatic heterocycles. The summed E-state index contributed by atoms with van der Waals surface area (Å²) in [4.78, 5) is 10.5. The number of halogens is 1. The minimum absolute atomic E-state index is 0.0720. The van der Waals surface area contributed by atoms with Gasteiger partial charge in [-0.3, -0.25) is 14.7 Å². The Morgan fingerprint density at radius 2 is 2.04 bits per heavy atom. The van der Waals surface area contributed by atoms with Crippen LogP contribution >= 0.6 is 23.4 Å². The lowest BCUT2D eigenvalue weighted by Gasteiger charge is -2.09. The second kappa shape index (κ2) is 9.38. The SMILES string of the molecule is C=CCn1c(COc2ccc(Cl)cc2)nnc1SCc1cccc([N+](=O)[O-])c1. The molecule has 0 radical (unpaired) electrons. The molecule has 0 bridgehead atoms. The summed E-state index contributed by atoms with van der Waals surface area (Å²) in [5.41, 5.74) is 0.911. The number of aromatic nitrogens is 3. The van der Waals surface area contributed by atoms with Crippen LogP contribution in [0.1, 0.15) is 11.4 Å². The van der Waals surface area contributed by atoms with Gasteiger partial charge in [0.05, 0.1) is 4.92 Å². The largest absolute Gasteiger partial charge is 0.486 e. The van der Waals surface area contributed by atoms with Crippen LogP contribution in [-0.2, 0) is 18.9 Å². The Balaban J connectivity index is 1.69. The molecule has 0 spiro atoms. The highest BCUT2D eigenvalue weighted by Crippen LogP contribution is 2.25. The molecule has 0 aliphatic rings. The van der Waals surface area contributed by atoms with E-state index in [1.165, 1.54) is 17.8 Å². The fraction of sp³-hybridized carbons (Fsp3) is 0.158. The van der Waals surface area contributed by atoms with Crippen molar-refractivity contribution in [2.45, 2.75) is 24.1 Å². The summed E-state index contributed by atoms with van der Waals surface area (Å²) >= 11 is 7.33. The van der Waals surface area contributed by atoms with E-state index in [1.807, 2.05) is 10.6 Å². The lowest BCUT2D eigenvalue weighted by molar-refractivity contribution is -0.384. The maximum Gasteiger partial charge on any atom is 0.269 e. The number of nitro benzene ring substituents is 1. The smallest absolute Gasteiger partial charge is 0.269 e. The van der Waals surface area contributed by atoms with Gasteiger partial charge < -0.3 is 4.74 Å². The molecule has 0 amide bonds. The molecule has 0 aliphatic carbocycles. The molecule has 0 N–H and O–H groups in total. The third-order valence-electron chi connectivity index (χ3n) is 3.78. The quantitative estimate of drug-likeness (QED) is 0.213. The summed E-state index contributed by atoms with van der Waals surface area (Å²) in [5, 5.41) is 20.7. The minimum Gasteiger partial charge on any atom is -0.486 e. The number of thioether (sulfide) groups is 1. The topological polar surface area (TPSA) is 83.1 Å². The molecule has 0 aliphatic heterocycles. The third-order valence-corrected chi connectivity index (χ3v) is 5.07. The standard InChI is InChI=1S/C19H17ClN4O3S/c1-2-10-23-18(12-27-17-8-6-15(20)7-9-17)21-22-19(23)28-13-14-4-3-5-16(11-14)24(25)26/h2-9,11H,1,10,12-13H2. The molecule has 0 fully saturated rings. The summed E-state index contributed by atoms with van der Waals surface area (Å²) in [6.07, 6.45) is 1.76. The lowest BCUT2D eigenvalue weighted by Crippen LogP contribution is -2.07. The normalized spacial score (nSPS) is 10.6. The predicted octanol–water partition coefficient (Wildman–Crippen LogP) is 4.90. The van der Waals surface area contributed by atoms with E-state index in [4.69, 9.17) is 16.3 Å². The van der Waals surface area contributed by atoms with Gasteiger partial charge in [-0.05, 0) is 29.8 Å². The van der Waals surface area contributed by atoms with Crippen LogP contribution < -0.4 is 4.74 Å². The maximum atomic E-state index is 10.9. The van der Waals surface area contributed by atoms with Gasteiger partial charge in [-0.2, -0.15) is 0 Å². The van der Waals surface area contributed by atoms with Crippen LogP contribution in [0.5, 0.6) is 5.75 Å². The number of nitrogens with zero attached hydrogens (tertiary/aromatic N) is 4. The van der Waals surface area contributed by atoms with Crippen LogP contribution in [0.15, 0.2) is 66.3 Å². The van der Waals surface area contributed by atoms with Crippen LogP contribution in [0.3, 0.4) is 0 Å². The second-order valence-electron chi connectivity index (χ2n) is 5.76. The van der Waals surface area contributed by atoms with E-state index < -0.39 is 4.92 Å². The number of hydrogen-bond acceptors (Lipinski definition) is 6. The fourth-order valence-electron chi connectivity index (χ4n) is 2.43. The Bertz CT molecular complexity index is 976. The molecule has 0 saturated carbocycles. The van der Waals surface area contributed by atoms with E-state index in [1.54, 1.807) is 42.5 Å². The summed E-state index contributed by atoms with van der Waals surface area (Å²) in [6.45, 7) is 4.56. The highest BCUT2D eigenvalue weighted by atomic mass is 35.5. The van der Waals surface area contributed by atoms with Crippen molar-refractivity contribution in [1.29, 1.82) is 0 Å². The summed E-state index contributed by atoms with van der Waals surface area (Å²) in [7, 11) is 0. The Labute approximate surface area is 171 Å². The Kier molecular flexibility index (Phi) is 6.67. The second-order valence-corrected chi connectivity index (χ2v) is 7.14. The van der Waals surface area contributed by atoms with E-state index in [2.05, 4.69) is 16.8 Å². The number of nitro groups is 1. The summed E-state index contributed by atoms with van der Waals surface area (Å²) < 4.78 is 7.66. The van der Waals surface area contributed by atoms with Gasteiger partial charge in [-0.1, -0.05) is 41.6 Å². The molecule has 0 atom stereocenters. The van der Waals surface area contributed by atoms with E-state index in [0.29, 0.717) is 34.1 Å². The third kappa shape index (κ3) is 5.11. The highest BCUT2D eigenvalue weighted by molar-refractivity contribution is 7.98. The summed E-state index contributed by atoms with van der Waals surface area (Å²) in [5.74, 6) is 1.88. The molecular formula is C19H17ClN4O3S. The number of ether oxygens (including phenoxy) is 1. The van der Waals surface area contributed by atoms with Gasteiger partial charge in [0.25, 0.3) is 5.69 Å². The first-order valence-corrected chi connectivity index (χ1v) is 9.70. The number of benzene rings is 2. The number of hydrogen-bond donors (Lipinski definition) is 0. The first-order valence-electron chi connectivity index (χ1n) is 8.34. The molecule has 144 valence electrons. The predicted molar refractivity (Wildman–Crippen MR) is 109 cm³/mol. The maximum absolute atomic E-state index is 10.9. The van der Waals surface area contributed by atoms with E-state index in [0.717, 1.165) is 5.56 Å². The molecule has 9 heteroatoms. The Morgan fingerprint density at radius 1 is 1.25 bits per heavy atom. The van der Waals surface area contributed by atoms with Crippen LogP contribution in [0.4, 0.5) is 5.69 Å². The van der Waals surface area contributed by atoms with Gasteiger partial charge in [0.15, 0.2) is 11.0 Å². The van der Waals surface area contributed by atoms with Crippen molar-refractivity contribution in [3.63, 3.8) is 0 Å². The molecule has 3 aromatic rings. The van der Waals surface area contributed by atoms with Gasteiger partial charge in [0.1, 0.15) is 12.4 Å². The van der Waals surface area contributed by atoms with Gasteiger partial charge >= 0.3 is 0 Å². The van der Waals surface area contributed by atoms with Gasteiger partial charge in [-0.25, -0.2) is 0 Å².